The highest BCUT2D eigenvalue weighted by Gasteiger charge is 2.28. The number of alkyl carbamates (subject to hydrolysis) is 1. The van der Waals surface area contributed by atoms with Gasteiger partial charge < -0.3 is 15.4 Å². The number of anilines is 1. The largest absolute Gasteiger partial charge is 0.450 e. The maximum atomic E-state index is 12.3. The monoisotopic (exact) mass is 311 g/mol. The van der Waals surface area contributed by atoms with Crippen LogP contribution in [0.4, 0.5) is 9.93 Å². The van der Waals surface area contributed by atoms with Crippen LogP contribution in [0.3, 0.4) is 0 Å². The molecule has 1 fully saturated rings. The number of thiazole rings is 1. The number of nitrogens with zero attached hydrogens (tertiary/aromatic N) is 1. The van der Waals surface area contributed by atoms with E-state index in [0.717, 1.165) is 5.69 Å². The van der Waals surface area contributed by atoms with Crippen LogP contribution in [0.1, 0.15) is 45.2 Å². The second-order valence-electron chi connectivity index (χ2n) is 5.43. The van der Waals surface area contributed by atoms with E-state index in [2.05, 4.69) is 15.6 Å². The molecule has 0 spiro atoms. The highest BCUT2D eigenvalue weighted by molar-refractivity contribution is 7.13. The van der Waals surface area contributed by atoms with Crippen LogP contribution in [0.5, 0.6) is 0 Å². The minimum absolute atomic E-state index is 0.0442. The Labute approximate surface area is 128 Å². The van der Waals surface area contributed by atoms with Crippen LogP contribution in [0, 0.1) is 5.92 Å². The molecule has 0 radical (unpaired) electrons. The van der Waals surface area contributed by atoms with Crippen molar-refractivity contribution in [2.75, 3.05) is 11.9 Å². The number of amides is 2. The van der Waals surface area contributed by atoms with Crippen LogP contribution in [0.15, 0.2) is 5.38 Å². The summed E-state index contributed by atoms with van der Waals surface area (Å²) in [5.41, 5.74) is 1.05. The van der Waals surface area contributed by atoms with E-state index in [-0.39, 0.29) is 18.4 Å². The number of carbonyl (C=O) groups is 2. The van der Waals surface area contributed by atoms with Crippen LogP contribution in [0.2, 0.25) is 0 Å². The number of hydrogen-bond acceptors (Lipinski definition) is 5. The Morgan fingerprint density at radius 2 is 2.19 bits per heavy atom. The third kappa shape index (κ3) is 4.42. The molecule has 1 atom stereocenters. The second kappa shape index (κ2) is 6.89. The van der Waals surface area contributed by atoms with Gasteiger partial charge in [0.15, 0.2) is 5.13 Å². The zero-order valence-electron chi connectivity index (χ0n) is 12.5. The highest BCUT2D eigenvalue weighted by Crippen LogP contribution is 2.40. The molecule has 0 aliphatic heterocycles. The smallest absolute Gasteiger partial charge is 0.407 e. The normalized spacial score (nSPS) is 15.6. The first-order chi connectivity index (χ1) is 10.0. The Morgan fingerprint density at radius 1 is 1.48 bits per heavy atom. The summed E-state index contributed by atoms with van der Waals surface area (Å²) in [5, 5.41) is 7.92. The highest BCUT2D eigenvalue weighted by atomic mass is 32.1. The summed E-state index contributed by atoms with van der Waals surface area (Å²) >= 11 is 1.42. The van der Waals surface area contributed by atoms with Crippen LogP contribution < -0.4 is 10.6 Å². The predicted molar refractivity (Wildman–Crippen MR) is 81.5 cm³/mol. The van der Waals surface area contributed by atoms with Crippen molar-refractivity contribution in [3.63, 3.8) is 0 Å². The molecular weight excluding hydrogens is 290 g/mol. The maximum absolute atomic E-state index is 12.3. The molecule has 0 aromatic carbocycles. The molecule has 1 aliphatic rings. The zero-order chi connectivity index (χ0) is 15.4. The number of nitrogens with one attached hydrogen (secondary N) is 2. The van der Waals surface area contributed by atoms with Crippen molar-refractivity contribution in [1.29, 1.82) is 0 Å². The van der Waals surface area contributed by atoms with E-state index in [9.17, 15) is 9.59 Å². The van der Waals surface area contributed by atoms with Gasteiger partial charge in [0, 0.05) is 11.3 Å². The summed E-state index contributed by atoms with van der Waals surface area (Å²) in [7, 11) is 0. The van der Waals surface area contributed by atoms with E-state index in [0.29, 0.717) is 11.0 Å². The average Bonchev–Trinajstić information content (AvgIpc) is 3.17. The molecule has 0 bridgehead atoms. The molecule has 1 aromatic rings. The van der Waals surface area contributed by atoms with Gasteiger partial charge in [-0.05, 0) is 25.7 Å². The first-order valence-corrected chi connectivity index (χ1v) is 8.08. The Morgan fingerprint density at radius 3 is 2.76 bits per heavy atom. The van der Waals surface area contributed by atoms with E-state index < -0.39 is 12.1 Å². The lowest BCUT2D eigenvalue weighted by Crippen LogP contribution is -2.47. The van der Waals surface area contributed by atoms with Gasteiger partial charge in [-0.2, -0.15) is 0 Å². The van der Waals surface area contributed by atoms with E-state index in [1.807, 2.05) is 19.2 Å². The maximum Gasteiger partial charge on any atom is 0.407 e. The lowest BCUT2D eigenvalue weighted by Gasteiger charge is -2.20. The standard InChI is InChI=1S/C14H21N3O3S/c1-4-20-14(19)16-11(8(2)3)12(18)17-13-15-10(7-21-13)9-5-6-9/h7-9,11H,4-6H2,1-3H3,(H,16,19)(H,15,17,18). The number of aromatic nitrogens is 1. The molecule has 7 heteroatoms. The number of hydrogen-bond donors (Lipinski definition) is 2. The van der Waals surface area contributed by atoms with Gasteiger partial charge >= 0.3 is 6.09 Å². The summed E-state index contributed by atoms with van der Waals surface area (Å²) in [6, 6.07) is -0.641. The predicted octanol–water partition coefficient (Wildman–Crippen LogP) is 2.73. The van der Waals surface area contributed by atoms with E-state index in [4.69, 9.17) is 4.74 Å². The zero-order valence-corrected chi connectivity index (χ0v) is 13.3. The molecule has 2 N–H and O–H groups in total. The first kappa shape index (κ1) is 15.8. The summed E-state index contributed by atoms with van der Waals surface area (Å²) < 4.78 is 4.82. The molecule has 2 amide bonds. The van der Waals surface area contributed by atoms with Crippen molar-refractivity contribution >= 4 is 28.5 Å². The molecule has 2 rings (SSSR count). The molecule has 6 nitrogen and oxygen atoms in total. The van der Waals surface area contributed by atoms with Gasteiger partial charge in [0.25, 0.3) is 0 Å². The molecule has 116 valence electrons. The van der Waals surface area contributed by atoms with Crippen LogP contribution in [0.25, 0.3) is 0 Å². The van der Waals surface area contributed by atoms with E-state index in [1.165, 1.54) is 24.2 Å². The Balaban J connectivity index is 1.95. The van der Waals surface area contributed by atoms with Gasteiger partial charge in [0.05, 0.1) is 12.3 Å². The summed E-state index contributed by atoms with van der Waals surface area (Å²) in [6.07, 6.45) is 1.77. The minimum Gasteiger partial charge on any atom is -0.450 e. The van der Waals surface area contributed by atoms with Gasteiger partial charge in [-0.3, -0.25) is 4.79 Å². The lowest BCUT2D eigenvalue weighted by atomic mass is 10.0. The molecule has 1 heterocycles. The molecule has 21 heavy (non-hydrogen) atoms. The topological polar surface area (TPSA) is 80.3 Å². The Kier molecular flexibility index (Phi) is 5.17. The van der Waals surface area contributed by atoms with Crippen molar-refractivity contribution in [3.8, 4) is 0 Å². The fourth-order valence-corrected chi connectivity index (χ4v) is 2.72. The fraction of sp³-hybridized carbons (Fsp3) is 0.643. The second-order valence-corrected chi connectivity index (χ2v) is 6.29. The molecule has 0 saturated heterocycles. The fourth-order valence-electron chi connectivity index (χ4n) is 1.93. The molecule has 1 saturated carbocycles. The van der Waals surface area contributed by atoms with Crippen LogP contribution >= 0.6 is 11.3 Å². The van der Waals surface area contributed by atoms with E-state index >= 15 is 0 Å². The van der Waals surface area contributed by atoms with Crippen molar-refractivity contribution < 1.29 is 14.3 Å². The Bertz CT molecular complexity index is 511. The third-order valence-corrected chi connectivity index (χ3v) is 4.02. The Hall–Kier alpha value is -1.63. The van der Waals surface area contributed by atoms with Gasteiger partial charge in [0.1, 0.15) is 6.04 Å². The van der Waals surface area contributed by atoms with Gasteiger partial charge in [-0.25, -0.2) is 9.78 Å². The van der Waals surface area contributed by atoms with Gasteiger partial charge in [0.2, 0.25) is 5.91 Å². The van der Waals surface area contributed by atoms with Gasteiger partial charge in [-0.15, -0.1) is 11.3 Å². The van der Waals surface area contributed by atoms with Gasteiger partial charge in [-0.1, -0.05) is 13.8 Å². The molecule has 1 unspecified atom stereocenters. The van der Waals surface area contributed by atoms with E-state index in [1.54, 1.807) is 6.92 Å². The molecule has 1 aliphatic carbocycles. The van der Waals surface area contributed by atoms with Crippen LogP contribution in [-0.4, -0.2) is 29.6 Å². The average molecular weight is 311 g/mol. The number of rotatable bonds is 6. The molecular formula is C14H21N3O3S. The first-order valence-electron chi connectivity index (χ1n) is 7.20. The molecule has 1 aromatic heterocycles. The quantitative estimate of drug-likeness (QED) is 0.846. The van der Waals surface area contributed by atoms with Crippen molar-refractivity contribution in [2.45, 2.75) is 45.6 Å². The van der Waals surface area contributed by atoms with Crippen molar-refractivity contribution in [1.82, 2.24) is 10.3 Å². The summed E-state index contributed by atoms with van der Waals surface area (Å²) in [6.45, 7) is 5.73. The van der Waals surface area contributed by atoms with Crippen molar-refractivity contribution in [3.05, 3.63) is 11.1 Å². The number of ether oxygens (including phenoxy) is 1. The SMILES string of the molecule is CCOC(=O)NC(C(=O)Nc1nc(C2CC2)cs1)C(C)C. The minimum atomic E-state index is -0.641. The van der Waals surface area contributed by atoms with Crippen LogP contribution in [-0.2, 0) is 9.53 Å². The van der Waals surface area contributed by atoms with Crippen molar-refractivity contribution in [2.24, 2.45) is 5.92 Å². The summed E-state index contributed by atoms with van der Waals surface area (Å²) in [4.78, 5) is 28.2. The number of carbonyl (C=O) groups excluding carboxylic acids is 2. The summed E-state index contributed by atoms with van der Waals surface area (Å²) in [5.74, 6) is 0.248. The third-order valence-electron chi connectivity index (χ3n) is 3.25. The lowest BCUT2D eigenvalue weighted by molar-refractivity contribution is -0.119.